The summed E-state index contributed by atoms with van der Waals surface area (Å²) in [5.74, 6) is 3.40. The number of nitrogens with one attached hydrogen (secondary N) is 4. The first-order valence-electron chi connectivity index (χ1n) is 20.2. The van der Waals surface area contributed by atoms with Gasteiger partial charge in [-0.25, -0.2) is 4.85 Å². The number of rotatable bonds is 28. The van der Waals surface area contributed by atoms with E-state index >= 15 is 0 Å². The SMILES string of the molecule is N=C(N)c1ccc(OCCCCCCNCCCOc2ccc(C(=N)N)cc2)cc1.[C-]#[N+]c1ccc(OCCCNCCCCCCOc2ccc(C#N)cc2)cc1. The van der Waals surface area contributed by atoms with Gasteiger partial charge >= 0.3 is 0 Å². The normalized spacial score (nSPS) is 10.3. The van der Waals surface area contributed by atoms with Crippen molar-refractivity contribution < 1.29 is 18.9 Å². The molecule has 4 aromatic carbocycles. The Kier molecular flexibility index (Phi) is 23.3. The van der Waals surface area contributed by atoms with Crippen LogP contribution in [0.5, 0.6) is 23.0 Å². The van der Waals surface area contributed by atoms with Gasteiger partial charge in [0.15, 0.2) is 5.69 Å². The number of hydrogen-bond acceptors (Lipinski definition) is 9. The van der Waals surface area contributed by atoms with Crippen LogP contribution in [-0.4, -0.2) is 64.3 Å². The maximum Gasteiger partial charge on any atom is 0.187 e. The molecular weight excluding hydrogens is 729 g/mol. The molecule has 4 aromatic rings. The van der Waals surface area contributed by atoms with Crippen molar-refractivity contribution in [2.24, 2.45) is 11.5 Å². The van der Waals surface area contributed by atoms with Gasteiger partial charge in [-0.15, -0.1) is 0 Å². The Morgan fingerprint density at radius 3 is 1.19 bits per heavy atom. The van der Waals surface area contributed by atoms with E-state index in [1.165, 1.54) is 12.8 Å². The molecule has 12 heteroatoms. The lowest BCUT2D eigenvalue weighted by Gasteiger charge is -2.08. The van der Waals surface area contributed by atoms with Crippen molar-refractivity contribution in [3.8, 4) is 29.1 Å². The average Bonchev–Trinajstić information content (AvgIpc) is 3.25. The summed E-state index contributed by atoms with van der Waals surface area (Å²) >= 11 is 0. The number of ether oxygens (including phenoxy) is 4. The standard InChI is InChI=1S/C23H33N5O2.C23H27N3O2/c24-22(25)18-6-10-20(11-7-18)29-16-4-2-1-3-14-28-15-5-17-30-21-12-8-19(9-13-21)23(26)27;1-25-21-9-13-23(14-10-21)28-18-6-16-26-15-4-2-3-5-17-27-22-11-7-20(19-24)8-12-22/h6-13,28H,1-5,14-17H2,(H3,24,25)(H3,26,27);7-14,26H,2-6,15-18H2. The Labute approximate surface area is 344 Å². The first kappa shape index (κ1) is 46.3. The lowest BCUT2D eigenvalue weighted by atomic mass is 10.2. The number of benzene rings is 4. The van der Waals surface area contributed by atoms with Crippen molar-refractivity contribution in [1.29, 1.82) is 16.1 Å². The van der Waals surface area contributed by atoms with Crippen molar-refractivity contribution in [2.75, 3.05) is 52.6 Å². The third-order valence-corrected chi connectivity index (χ3v) is 8.85. The molecule has 0 spiro atoms. The molecule has 0 saturated carbocycles. The predicted molar refractivity (Wildman–Crippen MR) is 233 cm³/mol. The molecule has 0 aliphatic carbocycles. The monoisotopic (exact) mass is 788 g/mol. The molecule has 0 amide bonds. The van der Waals surface area contributed by atoms with E-state index in [0.717, 1.165) is 101 Å². The van der Waals surface area contributed by atoms with Crippen LogP contribution in [0, 0.1) is 28.7 Å². The van der Waals surface area contributed by atoms with E-state index < -0.39 is 0 Å². The molecular formula is C46H60N8O4. The lowest BCUT2D eigenvalue weighted by molar-refractivity contribution is 0.303. The van der Waals surface area contributed by atoms with E-state index in [0.29, 0.717) is 48.8 Å². The summed E-state index contributed by atoms with van der Waals surface area (Å²) in [7, 11) is 0. The fraction of sp³-hybridized carbons (Fsp3) is 0.391. The van der Waals surface area contributed by atoms with Crippen molar-refractivity contribution in [3.05, 3.63) is 125 Å². The third-order valence-electron chi connectivity index (χ3n) is 8.85. The van der Waals surface area contributed by atoms with Crippen LogP contribution in [-0.2, 0) is 0 Å². The Morgan fingerprint density at radius 2 is 0.828 bits per heavy atom. The van der Waals surface area contributed by atoms with Gasteiger partial charge in [0, 0.05) is 11.1 Å². The fourth-order valence-corrected chi connectivity index (χ4v) is 5.52. The minimum atomic E-state index is 0.0683. The van der Waals surface area contributed by atoms with Crippen LogP contribution in [0.25, 0.3) is 4.85 Å². The minimum absolute atomic E-state index is 0.0683. The Morgan fingerprint density at radius 1 is 0.500 bits per heavy atom. The second-order valence-corrected chi connectivity index (χ2v) is 13.5. The summed E-state index contributed by atoms with van der Waals surface area (Å²) in [5.41, 5.74) is 13.6. The molecule has 0 heterocycles. The third kappa shape index (κ3) is 20.7. The molecule has 0 aromatic heterocycles. The Bertz CT molecular complexity index is 1670. The van der Waals surface area contributed by atoms with E-state index in [4.69, 9.17) is 53.1 Å². The topological polar surface area (TPSA) is 189 Å². The number of nitrogens with zero attached hydrogens (tertiary/aromatic N) is 2. The van der Waals surface area contributed by atoms with Crippen LogP contribution in [0.2, 0.25) is 0 Å². The van der Waals surface area contributed by atoms with Crippen LogP contribution in [0.3, 0.4) is 0 Å². The lowest BCUT2D eigenvalue weighted by Crippen LogP contribution is -2.18. The van der Waals surface area contributed by atoms with Crippen molar-refractivity contribution >= 4 is 17.4 Å². The van der Waals surface area contributed by atoms with Gasteiger partial charge in [-0.1, -0.05) is 37.8 Å². The van der Waals surface area contributed by atoms with E-state index in [1.807, 2.05) is 48.5 Å². The average molecular weight is 789 g/mol. The summed E-state index contributed by atoms with van der Waals surface area (Å²) in [5, 5.41) is 30.4. The van der Waals surface area contributed by atoms with Crippen LogP contribution >= 0.6 is 0 Å². The second kappa shape index (κ2) is 29.2. The van der Waals surface area contributed by atoms with Crippen LogP contribution < -0.4 is 41.0 Å². The van der Waals surface area contributed by atoms with Gasteiger partial charge in [-0.3, -0.25) is 10.8 Å². The zero-order valence-corrected chi connectivity index (χ0v) is 33.6. The van der Waals surface area contributed by atoms with Crippen molar-refractivity contribution in [3.63, 3.8) is 0 Å². The highest BCUT2D eigenvalue weighted by atomic mass is 16.5. The summed E-state index contributed by atoms with van der Waals surface area (Å²) in [6.45, 7) is 13.6. The van der Waals surface area contributed by atoms with Crippen LogP contribution in [0.4, 0.5) is 5.69 Å². The van der Waals surface area contributed by atoms with E-state index in [9.17, 15) is 0 Å². The first-order chi connectivity index (χ1) is 28.4. The number of hydrogen-bond donors (Lipinski definition) is 6. The van der Waals surface area contributed by atoms with E-state index in [-0.39, 0.29) is 11.7 Å². The molecule has 0 aliphatic rings. The summed E-state index contributed by atoms with van der Waals surface area (Å²) in [6.07, 6.45) is 11.0. The zero-order valence-electron chi connectivity index (χ0n) is 33.6. The summed E-state index contributed by atoms with van der Waals surface area (Å²) < 4.78 is 22.7. The van der Waals surface area contributed by atoms with Crippen LogP contribution in [0.15, 0.2) is 97.1 Å². The number of nitrogens with two attached hydrogens (primary N) is 2. The highest BCUT2D eigenvalue weighted by molar-refractivity contribution is 5.95. The highest BCUT2D eigenvalue weighted by Crippen LogP contribution is 2.18. The zero-order chi connectivity index (χ0) is 41.5. The van der Waals surface area contributed by atoms with E-state index in [2.05, 4.69) is 21.5 Å². The minimum Gasteiger partial charge on any atom is -0.494 e. The van der Waals surface area contributed by atoms with E-state index in [1.54, 1.807) is 48.5 Å². The molecule has 58 heavy (non-hydrogen) atoms. The molecule has 0 radical (unpaired) electrons. The van der Waals surface area contributed by atoms with Gasteiger partial charge in [-0.2, -0.15) is 5.26 Å². The summed E-state index contributed by atoms with van der Waals surface area (Å²) in [4.78, 5) is 3.36. The Balaban J connectivity index is 0.000000311. The molecule has 308 valence electrons. The molecule has 0 saturated heterocycles. The van der Waals surface area contributed by atoms with Gasteiger partial charge in [0.05, 0.1) is 44.6 Å². The number of unbranched alkanes of at least 4 members (excludes halogenated alkanes) is 6. The fourth-order valence-electron chi connectivity index (χ4n) is 5.52. The van der Waals surface area contributed by atoms with Crippen LogP contribution in [0.1, 0.15) is 80.9 Å². The maximum absolute atomic E-state index is 8.76. The maximum atomic E-state index is 8.76. The summed E-state index contributed by atoms with van der Waals surface area (Å²) in [6, 6.07) is 31.2. The molecule has 8 N–H and O–H groups in total. The van der Waals surface area contributed by atoms with Gasteiger partial charge in [-0.05, 0) is 150 Å². The molecule has 0 fully saturated rings. The quantitative estimate of drug-likeness (QED) is 0.0142. The molecule has 0 atom stereocenters. The molecule has 12 nitrogen and oxygen atoms in total. The molecule has 0 aliphatic heterocycles. The smallest absolute Gasteiger partial charge is 0.187 e. The van der Waals surface area contributed by atoms with Crippen molar-refractivity contribution in [2.45, 2.75) is 64.2 Å². The van der Waals surface area contributed by atoms with Gasteiger partial charge < -0.3 is 41.0 Å². The first-order valence-corrected chi connectivity index (χ1v) is 20.2. The number of amidine groups is 2. The van der Waals surface area contributed by atoms with Crippen molar-refractivity contribution in [1.82, 2.24) is 10.6 Å². The highest BCUT2D eigenvalue weighted by Gasteiger charge is 2.01. The predicted octanol–water partition coefficient (Wildman–Crippen LogP) is 8.36. The Hall–Kier alpha value is -6.08. The van der Waals surface area contributed by atoms with Gasteiger partial charge in [0.2, 0.25) is 0 Å². The van der Waals surface area contributed by atoms with Gasteiger partial charge in [0.1, 0.15) is 34.7 Å². The largest absolute Gasteiger partial charge is 0.494 e. The number of nitriles is 1. The second-order valence-electron chi connectivity index (χ2n) is 13.5. The number of nitrogen functional groups attached to an aromatic ring is 2. The molecule has 0 unspecified atom stereocenters. The van der Waals surface area contributed by atoms with Gasteiger partial charge in [0.25, 0.3) is 0 Å². The molecule has 0 bridgehead atoms. The molecule has 4 rings (SSSR count).